The molecule has 0 amide bonds. The van der Waals surface area contributed by atoms with Gasteiger partial charge < -0.3 is 23.7 Å². The molecule has 0 bridgehead atoms. The zero-order chi connectivity index (χ0) is 20.9. The quantitative estimate of drug-likeness (QED) is 0.143. The van der Waals surface area contributed by atoms with Gasteiger partial charge in [0.15, 0.2) is 6.29 Å². The highest BCUT2D eigenvalue weighted by Gasteiger charge is 2.32. The fraction of sp³-hybridized carbons (Fsp3) is 0.870. The van der Waals surface area contributed by atoms with Crippen molar-refractivity contribution in [1.29, 1.82) is 0 Å². The fourth-order valence-electron chi connectivity index (χ4n) is 2.85. The van der Waals surface area contributed by atoms with Crippen molar-refractivity contribution in [3.63, 3.8) is 0 Å². The van der Waals surface area contributed by atoms with Crippen molar-refractivity contribution in [3.05, 3.63) is 12.7 Å². The Morgan fingerprint density at radius 1 is 0.786 bits per heavy atom. The fourth-order valence-corrected chi connectivity index (χ4v) is 2.85. The maximum atomic E-state index is 11.8. The molecule has 0 saturated carbocycles. The molecule has 0 aliphatic carbocycles. The van der Waals surface area contributed by atoms with Crippen LogP contribution in [-0.2, 0) is 23.7 Å². The summed E-state index contributed by atoms with van der Waals surface area (Å²) in [5.74, 6) is 0. The lowest BCUT2D eigenvalue weighted by atomic mass is 10.1. The Bertz CT molecular complexity index is 348. The van der Waals surface area contributed by atoms with Crippen molar-refractivity contribution < 1.29 is 23.7 Å². The third-order valence-corrected chi connectivity index (χ3v) is 4.54. The van der Waals surface area contributed by atoms with E-state index in [4.69, 9.17) is 18.9 Å². The second kappa shape index (κ2) is 21.0. The zero-order valence-electron chi connectivity index (χ0n) is 18.5. The minimum Gasteiger partial charge on any atom is -0.379 e. The molecule has 28 heavy (non-hydrogen) atoms. The molecule has 0 radical (unpaired) electrons. The van der Waals surface area contributed by atoms with E-state index >= 15 is 0 Å². The van der Waals surface area contributed by atoms with Crippen LogP contribution in [0.15, 0.2) is 12.7 Å². The van der Waals surface area contributed by atoms with Crippen molar-refractivity contribution in [2.45, 2.75) is 96.9 Å². The van der Waals surface area contributed by atoms with Crippen molar-refractivity contribution >= 4 is 6.29 Å². The van der Waals surface area contributed by atoms with Crippen molar-refractivity contribution in [1.82, 2.24) is 0 Å². The number of carbonyl (C=O) groups excluding carboxylic acids is 1. The average molecular weight is 401 g/mol. The van der Waals surface area contributed by atoms with Gasteiger partial charge in [-0.2, -0.15) is 0 Å². The van der Waals surface area contributed by atoms with Gasteiger partial charge in [0.05, 0.1) is 13.2 Å². The molecule has 0 spiro atoms. The number of hydrogen-bond donors (Lipinski definition) is 0. The maximum Gasteiger partial charge on any atom is 0.151 e. The van der Waals surface area contributed by atoms with Gasteiger partial charge in [0, 0.05) is 19.8 Å². The number of carbonyl (C=O) groups is 1. The number of ether oxygens (including phenoxy) is 4. The molecule has 0 aromatic carbocycles. The van der Waals surface area contributed by atoms with Crippen LogP contribution in [0.25, 0.3) is 0 Å². The van der Waals surface area contributed by atoms with E-state index < -0.39 is 12.2 Å². The molecular weight excluding hydrogens is 356 g/mol. The van der Waals surface area contributed by atoms with Crippen LogP contribution in [0.2, 0.25) is 0 Å². The molecule has 0 rings (SSSR count). The molecule has 0 aromatic heterocycles. The van der Waals surface area contributed by atoms with E-state index in [9.17, 15) is 4.79 Å². The Labute approximate surface area is 173 Å². The first-order valence-electron chi connectivity index (χ1n) is 11.2. The molecule has 5 nitrogen and oxygen atoms in total. The maximum absolute atomic E-state index is 11.8. The summed E-state index contributed by atoms with van der Waals surface area (Å²) in [6, 6.07) is 0. The molecule has 3 atom stereocenters. The van der Waals surface area contributed by atoms with Gasteiger partial charge in [0.1, 0.15) is 18.3 Å². The van der Waals surface area contributed by atoms with Crippen LogP contribution >= 0.6 is 0 Å². The summed E-state index contributed by atoms with van der Waals surface area (Å²) in [7, 11) is 0. The van der Waals surface area contributed by atoms with Crippen molar-refractivity contribution in [2.24, 2.45) is 0 Å². The molecular formula is C23H44O5. The first kappa shape index (κ1) is 27.2. The van der Waals surface area contributed by atoms with Gasteiger partial charge in [0.25, 0.3) is 0 Å². The molecule has 0 saturated heterocycles. The molecule has 5 heteroatoms. The summed E-state index contributed by atoms with van der Waals surface area (Å²) in [6.45, 7) is 12.8. The first-order chi connectivity index (χ1) is 13.7. The lowest BCUT2D eigenvalue weighted by Gasteiger charge is -2.31. The van der Waals surface area contributed by atoms with Gasteiger partial charge in [-0.15, -0.1) is 6.58 Å². The average Bonchev–Trinajstić information content (AvgIpc) is 2.71. The highest BCUT2D eigenvalue weighted by molar-refractivity contribution is 5.57. The number of unbranched alkanes of at least 4 members (excludes halogenated alkanes) is 6. The van der Waals surface area contributed by atoms with Gasteiger partial charge in [-0.3, -0.25) is 0 Å². The van der Waals surface area contributed by atoms with Gasteiger partial charge in [-0.1, -0.05) is 65.4 Å². The van der Waals surface area contributed by atoms with E-state index in [0.717, 1.165) is 64.1 Å². The van der Waals surface area contributed by atoms with E-state index in [-0.39, 0.29) is 6.10 Å². The highest BCUT2D eigenvalue weighted by atomic mass is 16.6. The third kappa shape index (κ3) is 14.3. The molecule has 0 fully saturated rings. The van der Waals surface area contributed by atoms with Gasteiger partial charge in [-0.05, 0) is 19.3 Å². The monoisotopic (exact) mass is 400 g/mol. The Morgan fingerprint density at radius 2 is 1.36 bits per heavy atom. The van der Waals surface area contributed by atoms with E-state index in [1.807, 2.05) is 0 Å². The van der Waals surface area contributed by atoms with Crippen molar-refractivity contribution in [3.8, 4) is 0 Å². The van der Waals surface area contributed by atoms with Gasteiger partial charge >= 0.3 is 0 Å². The number of hydrogen-bond acceptors (Lipinski definition) is 5. The SMILES string of the molecule is C=CCO[C@@H](COCCCCC)[C@@H](OCCCCC)[C@H](C=O)OCCCCC. The number of aldehydes is 1. The van der Waals surface area contributed by atoms with Gasteiger partial charge in [-0.25, -0.2) is 0 Å². The smallest absolute Gasteiger partial charge is 0.151 e. The summed E-state index contributed by atoms with van der Waals surface area (Å²) in [5.41, 5.74) is 0. The Kier molecular flexibility index (Phi) is 20.4. The molecule has 166 valence electrons. The van der Waals surface area contributed by atoms with Crippen LogP contribution in [-0.4, -0.2) is 57.6 Å². The minimum atomic E-state index is -0.646. The standard InChI is InChI=1S/C23H44O5/c1-5-9-12-16-25-20-22(26-15-8-4)23(28-18-14-11-7-3)21(19-24)27-17-13-10-6-2/h8,19,21-23H,4-7,9-18,20H2,1-3H3/t21-,22-,23-/m0/s1. The Hall–Kier alpha value is -0.750. The van der Waals surface area contributed by atoms with Crippen LogP contribution in [0.4, 0.5) is 0 Å². The van der Waals surface area contributed by atoms with Crippen LogP contribution in [0.3, 0.4) is 0 Å². The summed E-state index contributed by atoms with van der Waals surface area (Å²) < 4.78 is 23.7. The third-order valence-electron chi connectivity index (χ3n) is 4.54. The van der Waals surface area contributed by atoms with Gasteiger partial charge in [0.2, 0.25) is 0 Å². The predicted octanol–water partition coefficient (Wildman–Crippen LogP) is 5.11. The molecule has 0 aliphatic heterocycles. The van der Waals surface area contributed by atoms with Crippen LogP contribution in [0, 0.1) is 0 Å². The van der Waals surface area contributed by atoms with Crippen LogP contribution in [0.1, 0.15) is 78.6 Å². The van der Waals surface area contributed by atoms with Crippen LogP contribution < -0.4 is 0 Å². The lowest BCUT2D eigenvalue weighted by Crippen LogP contribution is -2.46. The minimum absolute atomic E-state index is 0.359. The summed E-state index contributed by atoms with van der Waals surface area (Å²) in [6.07, 6.45) is 10.7. The van der Waals surface area contributed by atoms with E-state index in [1.54, 1.807) is 6.08 Å². The molecule has 0 aliphatic rings. The van der Waals surface area contributed by atoms with Crippen molar-refractivity contribution in [2.75, 3.05) is 33.0 Å². The second-order valence-corrected chi connectivity index (χ2v) is 7.16. The number of rotatable bonds is 22. The summed E-state index contributed by atoms with van der Waals surface area (Å²) >= 11 is 0. The van der Waals surface area contributed by atoms with E-state index in [2.05, 4.69) is 27.4 Å². The van der Waals surface area contributed by atoms with Crippen LogP contribution in [0.5, 0.6) is 0 Å². The molecule has 0 unspecified atom stereocenters. The first-order valence-corrected chi connectivity index (χ1v) is 11.2. The van der Waals surface area contributed by atoms with E-state index in [0.29, 0.717) is 33.0 Å². The zero-order valence-corrected chi connectivity index (χ0v) is 18.5. The topological polar surface area (TPSA) is 54.0 Å². The Morgan fingerprint density at radius 3 is 1.89 bits per heavy atom. The Balaban J connectivity index is 4.91. The lowest BCUT2D eigenvalue weighted by molar-refractivity contribution is -0.159. The second-order valence-electron chi connectivity index (χ2n) is 7.16. The molecule has 0 aromatic rings. The predicted molar refractivity (Wildman–Crippen MR) is 115 cm³/mol. The highest BCUT2D eigenvalue weighted by Crippen LogP contribution is 2.15. The normalized spacial score (nSPS) is 14.5. The molecule has 0 N–H and O–H groups in total. The van der Waals surface area contributed by atoms with E-state index in [1.165, 1.54) is 0 Å². The largest absolute Gasteiger partial charge is 0.379 e. The molecule has 0 heterocycles. The summed E-state index contributed by atoms with van der Waals surface area (Å²) in [5, 5.41) is 0. The summed E-state index contributed by atoms with van der Waals surface area (Å²) in [4.78, 5) is 11.8.